The van der Waals surface area contributed by atoms with Crippen LogP contribution in [0.5, 0.6) is 0 Å². The van der Waals surface area contributed by atoms with Gasteiger partial charge >= 0.3 is 11.9 Å². The van der Waals surface area contributed by atoms with Crippen molar-refractivity contribution in [3.8, 4) is 0 Å². The van der Waals surface area contributed by atoms with Gasteiger partial charge < -0.3 is 27.2 Å². The van der Waals surface area contributed by atoms with Crippen LogP contribution < -0.4 is 0 Å². The summed E-state index contributed by atoms with van der Waals surface area (Å²) in [4.78, 5) is 21.9. The lowest BCUT2D eigenvalue weighted by Crippen LogP contribution is -2.44. The fourth-order valence-corrected chi connectivity index (χ4v) is 20.0. The molecule has 0 radical (unpaired) electrons. The molecule has 0 bridgehead atoms. The number of hydrogen-bond acceptors (Lipinski definition) is 8. The molecule has 0 aliphatic heterocycles. The Kier molecular flexibility index (Phi) is 32.7. The third kappa shape index (κ3) is 37.2. The van der Waals surface area contributed by atoms with E-state index in [-0.39, 0.29) is 26.0 Å². The molecule has 0 aliphatic rings. The third-order valence-corrected chi connectivity index (χ3v) is 19.6. The van der Waals surface area contributed by atoms with Gasteiger partial charge in [-0.25, -0.2) is 9.59 Å². The van der Waals surface area contributed by atoms with Crippen molar-refractivity contribution in [2.45, 2.75) is 125 Å². The Bertz CT molecular complexity index is 815. The average molecular weight is 709 g/mol. The van der Waals surface area contributed by atoms with Gasteiger partial charge in [0, 0.05) is 17.8 Å². The van der Waals surface area contributed by atoms with Crippen LogP contribution in [0.1, 0.15) is 54.4 Å². The summed E-state index contributed by atoms with van der Waals surface area (Å²) < 4.78 is 32.7. The Labute approximate surface area is 283 Å². The molecule has 0 atom stereocenters. The molecule has 0 amide bonds. The zero-order valence-corrected chi connectivity index (χ0v) is 34.7. The van der Waals surface area contributed by atoms with Gasteiger partial charge in [0.2, 0.25) is 0 Å². The minimum absolute atomic E-state index is 0. The lowest BCUT2D eigenvalue weighted by molar-refractivity contribution is -0.141. The van der Waals surface area contributed by atoms with Gasteiger partial charge in [0.05, 0.1) is 19.8 Å². The highest BCUT2D eigenvalue weighted by atomic mass is 28.4. The summed E-state index contributed by atoms with van der Waals surface area (Å²) in [7, 11) is -5.05. The second-order valence-electron chi connectivity index (χ2n) is 13.0. The van der Waals surface area contributed by atoms with Crippen LogP contribution in [0.3, 0.4) is 0 Å². The van der Waals surface area contributed by atoms with E-state index in [1.54, 1.807) is 19.9 Å². The molecule has 0 spiro atoms. The molecule has 0 aromatic rings. The topological polar surface area (TPSA) is 89.5 Å². The molecular weight excluding hydrogens is 637 g/mol. The Morgan fingerprint density at radius 2 is 1.11 bits per heavy atom. The van der Waals surface area contributed by atoms with Crippen LogP contribution in [0.25, 0.3) is 0 Å². The van der Waals surface area contributed by atoms with Crippen LogP contribution in [-0.4, -0.2) is 85.6 Å². The Morgan fingerprint density at radius 3 is 1.51 bits per heavy atom. The monoisotopic (exact) mass is 708 g/mol. The first-order chi connectivity index (χ1) is 20.3. The highest BCUT2D eigenvalue weighted by Gasteiger charge is 2.31. The summed E-state index contributed by atoms with van der Waals surface area (Å²) in [6, 6.07) is 3.66. The van der Waals surface area contributed by atoms with E-state index in [0.29, 0.717) is 44.2 Å². The first-order valence-corrected chi connectivity index (χ1v) is 28.2. The summed E-state index contributed by atoms with van der Waals surface area (Å²) in [5.41, 5.74) is 0.822. The molecule has 268 valence electrons. The maximum absolute atomic E-state index is 11.2. The number of ether oxygens (including phenoxy) is 4. The molecule has 0 unspecified atom stereocenters. The highest BCUT2D eigenvalue weighted by Crippen LogP contribution is 2.23. The van der Waals surface area contributed by atoms with E-state index >= 15 is 0 Å². The molecule has 0 saturated heterocycles. The molecule has 0 saturated carbocycles. The van der Waals surface area contributed by atoms with Gasteiger partial charge in [0.15, 0.2) is 34.0 Å². The van der Waals surface area contributed by atoms with Gasteiger partial charge in [-0.05, 0) is 90.8 Å². The maximum Gasteiger partial charge on any atom is 0.333 e. The van der Waals surface area contributed by atoms with Crippen molar-refractivity contribution < 1.29 is 36.8 Å². The van der Waals surface area contributed by atoms with Gasteiger partial charge in [-0.3, -0.25) is 0 Å². The second-order valence-corrected chi connectivity index (χ2v) is 28.9. The second kappa shape index (κ2) is 29.0. The normalized spacial score (nSPS) is 11.2. The number of esters is 2. The van der Waals surface area contributed by atoms with Crippen LogP contribution in [0.15, 0.2) is 37.0 Å². The zero-order chi connectivity index (χ0) is 34.8. The summed E-state index contributed by atoms with van der Waals surface area (Å²) in [5.74, 6) is -0.731. The van der Waals surface area contributed by atoms with Crippen molar-refractivity contribution in [1.82, 2.24) is 0 Å². The fraction of sp³-hybridized carbons (Fsp3) is 0.758. The van der Waals surface area contributed by atoms with Crippen LogP contribution in [0.2, 0.25) is 70.5 Å². The van der Waals surface area contributed by atoms with Gasteiger partial charge in [0.1, 0.15) is 13.2 Å². The van der Waals surface area contributed by atoms with E-state index in [2.05, 4.69) is 86.0 Å². The van der Waals surface area contributed by atoms with E-state index in [9.17, 15) is 9.59 Å². The maximum atomic E-state index is 11.2. The molecule has 0 aromatic carbocycles. The van der Waals surface area contributed by atoms with Crippen LogP contribution in [0, 0.1) is 0 Å². The van der Waals surface area contributed by atoms with E-state index in [1.807, 2.05) is 0 Å². The minimum Gasteiger partial charge on any atom is -0.460 e. The van der Waals surface area contributed by atoms with Crippen LogP contribution >= 0.6 is 0 Å². The molecule has 0 heterocycles. The Hall–Kier alpha value is -1.13. The van der Waals surface area contributed by atoms with E-state index in [0.717, 1.165) is 12.5 Å². The average Bonchev–Trinajstić information content (AvgIpc) is 2.86. The van der Waals surface area contributed by atoms with Crippen molar-refractivity contribution in [1.29, 1.82) is 0 Å². The molecule has 8 nitrogen and oxygen atoms in total. The molecular formula is C33H72O8Si4. The first kappa shape index (κ1) is 50.7. The SMILES string of the molecule is C.C=C(C)C(=O)OCCOCCC[Si](C)(C)O[Si](C)(C)CCC.C=CCOCCOC(=O)C(=C)C.CCC[Si](C)(C)O[SiH](C)C. The molecule has 0 rings (SSSR count). The lowest BCUT2D eigenvalue weighted by atomic mass is 10.4. The van der Waals surface area contributed by atoms with Crippen LogP contribution in [-0.2, 0) is 36.8 Å². The fourth-order valence-electron chi connectivity index (χ4n) is 4.25. The standard InChI is InChI=1S/C16H34O4Si2.C9H14O3.C7H20OSi2.CH4/c1-8-13-21(4,5)20-22(6,7)14-9-10-18-11-12-19-16(17)15(2)3;1-4-5-11-6-7-12-9(10)8(2)3;1-6-7-10(4,5)8-9(2)3;/h2,8-14H2,1,3-7H3;4H,1-2,5-7H2,3H3;9H,6-7H2,1-5H3;1H4. The van der Waals surface area contributed by atoms with Crippen molar-refractivity contribution >= 4 is 45.9 Å². The molecule has 0 aromatic heterocycles. The lowest BCUT2D eigenvalue weighted by Gasteiger charge is -2.34. The van der Waals surface area contributed by atoms with Gasteiger partial charge in [-0.1, -0.05) is 53.3 Å². The molecule has 45 heavy (non-hydrogen) atoms. The Balaban J connectivity index is -0.000000308. The number of rotatable bonds is 22. The van der Waals surface area contributed by atoms with Crippen molar-refractivity contribution in [2.24, 2.45) is 0 Å². The molecule has 0 aliphatic carbocycles. The molecule has 12 heteroatoms. The van der Waals surface area contributed by atoms with E-state index < -0.39 is 34.0 Å². The number of carbonyl (C=O) groups excluding carboxylic acids is 2. The van der Waals surface area contributed by atoms with Gasteiger partial charge in [-0.2, -0.15) is 0 Å². The number of hydrogen-bond donors (Lipinski definition) is 0. The van der Waals surface area contributed by atoms with Crippen molar-refractivity contribution in [3.63, 3.8) is 0 Å². The van der Waals surface area contributed by atoms with Gasteiger partial charge in [-0.15, -0.1) is 6.58 Å². The summed E-state index contributed by atoms with van der Waals surface area (Å²) in [6.45, 7) is 39.1. The number of carbonyl (C=O) groups is 2. The van der Waals surface area contributed by atoms with E-state index in [4.69, 9.17) is 27.2 Å². The van der Waals surface area contributed by atoms with Gasteiger partial charge in [0.25, 0.3) is 0 Å². The molecule has 0 fully saturated rings. The highest BCUT2D eigenvalue weighted by molar-refractivity contribution is 6.84. The predicted molar refractivity (Wildman–Crippen MR) is 203 cm³/mol. The van der Waals surface area contributed by atoms with Crippen molar-refractivity contribution in [2.75, 3.05) is 39.6 Å². The van der Waals surface area contributed by atoms with Crippen LogP contribution in [0.4, 0.5) is 0 Å². The third-order valence-electron chi connectivity index (χ3n) is 5.73. The molecule has 0 N–H and O–H groups in total. The summed E-state index contributed by atoms with van der Waals surface area (Å²) in [6.07, 6.45) is 5.13. The summed E-state index contributed by atoms with van der Waals surface area (Å²) in [5, 5.41) is 0. The first-order valence-electron chi connectivity index (χ1n) is 16.0. The summed E-state index contributed by atoms with van der Waals surface area (Å²) >= 11 is 0. The smallest absolute Gasteiger partial charge is 0.333 e. The predicted octanol–water partition coefficient (Wildman–Crippen LogP) is 8.90. The largest absolute Gasteiger partial charge is 0.460 e. The van der Waals surface area contributed by atoms with Crippen molar-refractivity contribution in [3.05, 3.63) is 37.0 Å². The zero-order valence-electron chi connectivity index (χ0n) is 30.5. The Morgan fingerprint density at radius 1 is 0.689 bits per heavy atom. The minimum atomic E-state index is -1.59. The van der Waals surface area contributed by atoms with E-state index in [1.165, 1.54) is 24.9 Å². The quantitative estimate of drug-likeness (QED) is 0.0362.